The first-order valence-corrected chi connectivity index (χ1v) is 15.1. The highest BCUT2D eigenvalue weighted by molar-refractivity contribution is 6.00. The van der Waals surface area contributed by atoms with E-state index in [9.17, 15) is 9.59 Å². The highest BCUT2D eigenvalue weighted by Gasteiger charge is 2.29. The highest BCUT2D eigenvalue weighted by Crippen LogP contribution is 2.32. The summed E-state index contributed by atoms with van der Waals surface area (Å²) in [5.41, 5.74) is 6.34. The van der Waals surface area contributed by atoms with Crippen LogP contribution in [0.5, 0.6) is 0 Å². The van der Waals surface area contributed by atoms with Crippen molar-refractivity contribution in [3.05, 3.63) is 78.8 Å². The maximum absolute atomic E-state index is 14.2. The molecule has 2 amide bonds. The predicted molar refractivity (Wildman–Crippen MR) is 169 cm³/mol. The topological polar surface area (TPSA) is 108 Å². The monoisotopic (exact) mass is 590 g/mol. The van der Waals surface area contributed by atoms with Gasteiger partial charge in [0.25, 0.3) is 5.91 Å². The van der Waals surface area contributed by atoms with Crippen molar-refractivity contribution in [2.75, 3.05) is 63.9 Å². The zero-order valence-electron chi connectivity index (χ0n) is 24.6. The number of aromatic nitrogens is 4. The third kappa shape index (κ3) is 5.19. The summed E-state index contributed by atoms with van der Waals surface area (Å²) < 4.78 is 6.92. The van der Waals surface area contributed by atoms with E-state index in [1.165, 1.54) is 0 Å². The molecule has 224 valence electrons. The summed E-state index contributed by atoms with van der Waals surface area (Å²) in [6.07, 6.45) is 3.23. The highest BCUT2D eigenvalue weighted by atomic mass is 16.6. The molecule has 0 unspecified atom stereocenters. The summed E-state index contributed by atoms with van der Waals surface area (Å²) >= 11 is 0. The molecule has 0 radical (unpaired) electrons. The summed E-state index contributed by atoms with van der Waals surface area (Å²) in [7, 11) is 0. The van der Waals surface area contributed by atoms with Crippen LogP contribution in [0.15, 0.2) is 73.1 Å². The van der Waals surface area contributed by atoms with Crippen molar-refractivity contribution in [1.29, 1.82) is 0 Å². The number of imidazole rings is 1. The van der Waals surface area contributed by atoms with Gasteiger partial charge in [-0.05, 0) is 42.8 Å². The standard InChI is InChI=1S/C33H34N8O3/c1-2-44-33(43)40-19-17-39(18-20-40)32(42)31-27(23-7-9-24(10-8-23)38-15-13-34-14-16-38)21-30-36-22-29(41(30)37-31)26-11-12-35-28-6-4-3-5-25(26)28/h3-12,21-22,34H,2,13-20H2,1H3. The molecule has 5 heterocycles. The Balaban J connectivity index is 1.29. The number of para-hydroxylation sites is 1. The van der Waals surface area contributed by atoms with E-state index in [4.69, 9.17) is 14.8 Å². The molecule has 2 aliphatic rings. The van der Waals surface area contributed by atoms with Crippen molar-refractivity contribution < 1.29 is 14.3 Å². The van der Waals surface area contributed by atoms with E-state index in [1.807, 2.05) is 36.4 Å². The van der Waals surface area contributed by atoms with E-state index >= 15 is 0 Å². The molecule has 11 nitrogen and oxygen atoms in total. The van der Waals surface area contributed by atoms with Gasteiger partial charge < -0.3 is 24.8 Å². The second-order valence-electron chi connectivity index (χ2n) is 11.0. The van der Waals surface area contributed by atoms with Crippen molar-refractivity contribution in [1.82, 2.24) is 34.7 Å². The number of fused-ring (bicyclic) bond motifs is 2. The number of anilines is 1. The number of amides is 2. The fourth-order valence-electron chi connectivity index (χ4n) is 6.03. The predicted octanol–water partition coefficient (Wildman–Crippen LogP) is 3.94. The molecule has 0 saturated carbocycles. The molecule has 2 aromatic carbocycles. The average molecular weight is 591 g/mol. The zero-order chi connectivity index (χ0) is 30.0. The molecule has 0 bridgehead atoms. The van der Waals surface area contributed by atoms with Crippen LogP contribution in [0.4, 0.5) is 10.5 Å². The Kier molecular flexibility index (Phi) is 7.53. The molecule has 44 heavy (non-hydrogen) atoms. The maximum atomic E-state index is 14.2. The Morgan fingerprint density at radius 1 is 0.864 bits per heavy atom. The van der Waals surface area contributed by atoms with Gasteiger partial charge >= 0.3 is 6.09 Å². The molecule has 11 heteroatoms. The SMILES string of the molecule is CCOC(=O)N1CCN(C(=O)c2nn3c(-c4ccnc5ccccc45)cnc3cc2-c2ccc(N3CCNCC3)cc2)CC1. The van der Waals surface area contributed by atoms with Crippen molar-refractivity contribution in [2.24, 2.45) is 0 Å². The second-order valence-corrected chi connectivity index (χ2v) is 11.0. The smallest absolute Gasteiger partial charge is 0.409 e. The summed E-state index contributed by atoms with van der Waals surface area (Å²) in [6, 6.07) is 20.2. The fraction of sp³-hybridized carbons (Fsp3) is 0.303. The second kappa shape index (κ2) is 11.9. The lowest BCUT2D eigenvalue weighted by Gasteiger charge is -2.34. The third-order valence-corrected chi connectivity index (χ3v) is 8.37. The van der Waals surface area contributed by atoms with Crippen LogP contribution in [0.25, 0.3) is 38.9 Å². The first-order valence-electron chi connectivity index (χ1n) is 15.1. The molecule has 5 aromatic rings. The number of rotatable bonds is 5. The Morgan fingerprint density at radius 3 is 2.39 bits per heavy atom. The molecule has 2 saturated heterocycles. The largest absolute Gasteiger partial charge is 0.450 e. The number of pyridine rings is 1. The number of nitrogens with zero attached hydrogens (tertiary/aromatic N) is 7. The Labute approximate surface area is 255 Å². The lowest BCUT2D eigenvalue weighted by Crippen LogP contribution is -2.51. The van der Waals surface area contributed by atoms with E-state index in [0.29, 0.717) is 44.1 Å². The van der Waals surface area contributed by atoms with Gasteiger partial charge in [-0.2, -0.15) is 5.10 Å². The number of carbonyl (C=O) groups excluding carboxylic acids is 2. The molecule has 2 fully saturated rings. The number of benzene rings is 2. The van der Waals surface area contributed by atoms with Crippen LogP contribution >= 0.6 is 0 Å². The van der Waals surface area contributed by atoms with Gasteiger partial charge in [0, 0.05) is 80.8 Å². The van der Waals surface area contributed by atoms with Gasteiger partial charge in [0.2, 0.25) is 0 Å². The number of hydrogen-bond acceptors (Lipinski definition) is 8. The molecule has 3 aromatic heterocycles. The van der Waals surface area contributed by atoms with Crippen LogP contribution in [0, 0.1) is 0 Å². The van der Waals surface area contributed by atoms with Crippen molar-refractivity contribution >= 4 is 34.2 Å². The Morgan fingerprint density at radius 2 is 1.61 bits per heavy atom. The quantitative estimate of drug-likeness (QED) is 0.328. The van der Waals surface area contributed by atoms with Gasteiger partial charge in [-0.3, -0.25) is 9.78 Å². The summed E-state index contributed by atoms with van der Waals surface area (Å²) in [4.78, 5) is 41.5. The van der Waals surface area contributed by atoms with Gasteiger partial charge in [0.05, 0.1) is 24.0 Å². The van der Waals surface area contributed by atoms with Crippen molar-refractivity contribution in [3.8, 4) is 22.4 Å². The lowest BCUT2D eigenvalue weighted by molar-refractivity contribution is 0.0565. The Bertz CT molecular complexity index is 1820. The van der Waals surface area contributed by atoms with Crippen LogP contribution in [0.1, 0.15) is 17.4 Å². The summed E-state index contributed by atoms with van der Waals surface area (Å²) in [6.45, 7) is 7.52. The molecule has 0 aliphatic carbocycles. The van der Waals surface area contributed by atoms with E-state index in [1.54, 1.807) is 33.6 Å². The number of hydrogen-bond donors (Lipinski definition) is 1. The third-order valence-electron chi connectivity index (χ3n) is 8.37. The van der Waals surface area contributed by atoms with Crippen molar-refractivity contribution in [2.45, 2.75) is 6.92 Å². The van der Waals surface area contributed by atoms with Gasteiger partial charge in [-0.25, -0.2) is 14.3 Å². The molecule has 7 rings (SSSR count). The van der Waals surface area contributed by atoms with Gasteiger partial charge in [-0.1, -0.05) is 30.3 Å². The van der Waals surface area contributed by atoms with Crippen LogP contribution in [0.3, 0.4) is 0 Å². The Hall–Kier alpha value is -5.03. The first-order chi connectivity index (χ1) is 21.6. The minimum atomic E-state index is -0.350. The summed E-state index contributed by atoms with van der Waals surface area (Å²) in [5, 5.41) is 9.36. The van der Waals surface area contributed by atoms with Gasteiger partial charge in [-0.15, -0.1) is 0 Å². The molecule has 0 spiro atoms. The van der Waals surface area contributed by atoms with E-state index in [-0.39, 0.29) is 12.0 Å². The molecule has 2 aliphatic heterocycles. The molecule has 1 N–H and O–H groups in total. The minimum Gasteiger partial charge on any atom is -0.450 e. The number of carbonyl (C=O) groups is 2. The van der Waals surface area contributed by atoms with Crippen LogP contribution in [0.2, 0.25) is 0 Å². The average Bonchev–Trinajstić information content (AvgIpc) is 3.50. The first kappa shape index (κ1) is 27.8. The van der Waals surface area contributed by atoms with Crippen LogP contribution in [-0.2, 0) is 4.74 Å². The molecular weight excluding hydrogens is 556 g/mol. The molecular formula is C33H34N8O3. The van der Waals surface area contributed by atoms with Crippen LogP contribution < -0.4 is 10.2 Å². The van der Waals surface area contributed by atoms with Crippen molar-refractivity contribution in [3.63, 3.8) is 0 Å². The number of piperazine rings is 2. The maximum Gasteiger partial charge on any atom is 0.409 e. The minimum absolute atomic E-state index is 0.184. The number of nitrogens with one attached hydrogen (secondary N) is 1. The van der Waals surface area contributed by atoms with E-state index in [2.05, 4.69) is 39.5 Å². The normalized spacial score (nSPS) is 15.6. The van der Waals surface area contributed by atoms with Crippen LogP contribution in [-0.4, -0.2) is 100 Å². The van der Waals surface area contributed by atoms with Gasteiger partial charge in [0.1, 0.15) is 0 Å². The van der Waals surface area contributed by atoms with Gasteiger partial charge in [0.15, 0.2) is 11.3 Å². The molecule has 0 atom stereocenters. The lowest BCUT2D eigenvalue weighted by atomic mass is 10.0. The van der Waals surface area contributed by atoms with E-state index in [0.717, 1.165) is 65.2 Å². The zero-order valence-corrected chi connectivity index (χ0v) is 24.6. The summed E-state index contributed by atoms with van der Waals surface area (Å²) in [5.74, 6) is -0.184. The number of ether oxygens (including phenoxy) is 1. The fourth-order valence-corrected chi connectivity index (χ4v) is 6.03. The van der Waals surface area contributed by atoms with E-state index < -0.39 is 0 Å².